The third kappa shape index (κ3) is 7.03. The van der Waals surface area contributed by atoms with Crippen LogP contribution >= 0.6 is 0 Å². The molecule has 6 heteroatoms. The van der Waals surface area contributed by atoms with Gasteiger partial charge < -0.3 is 24.4 Å². The lowest BCUT2D eigenvalue weighted by Gasteiger charge is -2.39. The molecule has 0 spiro atoms. The number of amides is 1. The van der Waals surface area contributed by atoms with E-state index in [-0.39, 0.29) is 11.9 Å². The Kier molecular flexibility index (Phi) is 10.7. The normalized spacial score (nSPS) is 15.3. The smallest absolute Gasteiger partial charge is 0.254 e. The maximum absolute atomic E-state index is 14.2. The molecule has 0 radical (unpaired) electrons. The van der Waals surface area contributed by atoms with Crippen molar-refractivity contribution in [3.05, 3.63) is 59.2 Å². The molecule has 36 heavy (non-hydrogen) atoms. The van der Waals surface area contributed by atoms with Gasteiger partial charge in [0.25, 0.3) is 5.91 Å². The van der Waals surface area contributed by atoms with Gasteiger partial charge in [-0.2, -0.15) is 0 Å². The van der Waals surface area contributed by atoms with Crippen molar-refractivity contribution in [2.75, 3.05) is 41.0 Å². The zero-order valence-corrected chi connectivity index (χ0v) is 22.5. The highest BCUT2D eigenvalue weighted by Gasteiger charge is 2.33. The van der Waals surface area contributed by atoms with Gasteiger partial charge in [-0.1, -0.05) is 61.7 Å². The van der Waals surface area contributed by atoms with Gasteiger partial charge in [0.15, 0.2) is 11.5 Å². The number of unbranched alkanes of at least 4 members (excludes halogenated alkanes) is 1. The molecule has 196 valence electrons. The molecule has 1 aliphatic heterocycles. The van der Waals surface area contributed by atoms with Crippen molar-refractivity contribution in [3.8, 4) is 17.2 Å². The fourth-order valence-corrected chi connectivity index (χ4v) is 5.15. The molecule has 0 bridgehead atoms. The Morgan fingerprint density at radius 3 is 2.25 bits per heavy atom. The van der Waals surface area contributed by atoms with Crippen molar-refractivity contribution < 1.29 is 19.0 Å². The van der Waals surface area contributed by atoms with Crippen LogP contribution in [0.4, 0.5) is 0 Å². The van der Waals surface area contributed by atoms with Gasteiger partial charge in [0, 0.05) is 18.2 Å². The summed E-state index contributed by atoms with van der Waals surface area (Å²) in [6.45, 7) is 6.90. The molecule has 1 aliphatic rings. The molecule has 1 saturated heterocycles. The minimum absolute atomic E-state index is 0.00491. The second-order valence-electron chi connectivity index (χ2n) is 9.55. The largest absolute Gasteiger partial charge is 0.493 e. The van der Waals surface area contributed by atoms with Gasteiger partial charge in [-0.3, -0.25) is 4.79 Å². The van der Waals surface area contributed by atoms with Crippen LogP contribution in [0.1, 0.15) is 61.9 Å². The van der Waals surface area contributed by atoms with Crippen LogP contribution in [0.25, 0.3) is 6.08 Å². The first-order valence-corrected chi connectivity index (χ1v) is 13.1. The molecule has 1 N–H and O–H groups in total. The average molecular weight is 495 g/mol. The van der Waals surface area contributed by atoms with E-state index in [1.54, 1.807) is 33.5 Å². The van der Waals surface area contributed by atoms with Crippen molar-refractivity contribution >= 4 is 12.0 Å². The quantitative estimate of drug-likeness (QED) is 0.403. The summed E-state index contributed by atoms with van der Waals surface area (Å²) in [7, 11) is 4.73. The monoisotopic (exact) mass is 494 g/mol. The SMILES string of the molecule is CCCCC(C1CCNCC1)N(CC(C)=Cc1ccccc1)C(=O)c1cc(OC)c(OC)c(OC)c1. The number of nitrogens with one attached hydrogen (secondary N) is 1. The van der Waals surface area contributed by atoms with Crippen LogP contribution in [0.5, 0.6) is 17.2 Å². The van der Waals surface area contributed by atoms with E-state index in [4.69, 9.17) is 14.2 Å². The van der Waals surface area contributed by atoms with E-state index in [1.165, 1.54) is 0 Å². The molecule has 0 saturated carbocycles. The van der Waals surface area contributed by atoms with Crippen LogP contribution in [-0.4, -0.2) is 57.8 Å². The Bertz CT molecular complexity index is 974. The predicted molar refractivity (Wildman–Crippen MR) is 146 cm³/mol. The Morgan fingerprint density at radius 1 is 1.06 bits per heavy atom. The first-order valence-electron chi connectivity index (χ1n) is 13.1. The number of carbonyl (C=O) groups is 1. The third-order valence-electron chi connectivity index (χ3n) is 6.99. The van der Waals surface area contributed by atoms with E-state index in [0.717, 1.165) is 56.3 Å². The maximum Gasteiger partial charge on any atom is 0.254 e. The lowest BCUT2D eigenvalue weighted by atomic mass is 9.85. The first-order chi connectivity index (χ1) is 17.5. The summed E-state index contributed by atoms with van der Waals surface area (Å²) < 4.78 is 16.6. The Labute approximate surface area is 216 Å². The molecule has 1 heterocycles. The zero-order valence-electron chi connectivity index (χ0n) is 22.5. The molecule has 1 unspecified atom stereocenters. The van der Waals surface area contributed by atoms with Gasteiger partial charge in [-0.25, -0.2) is 0 Å². The maximum atomic E-state index is 14.2. The molecular formula is C30H42N2O4. The number of carbonyl (C=O) groups excluding carboxylic acids is 1. The number of nitrogens with zero attached hydrogens (tertiary/aromatic N) is 1. The van der Waals surface area contributed by atoms with Crippen molar-refractivity contribution in [1.29, 1.82) is 0 Å². The van der Waals surface area contributed by atoms with Crippen LogP contribution < -0.4 is 19.5 Å². The van der Waals surface area contributed by atoms with E-state index >= 15 is 0 Å². The van der Waals surface area contributed by atoms with E-state index in [1.807, 2.05) is 18.2 Å². The molecule has 1 amide bonds. The molecule has 2 aromatic carbocycles. The molecule has 0 aromatic heterocycles. The summed E-state index contributed by atoms with van der Waals surface area (Å²) >= 11 is 0. The lowest BCUT2D eigenvalue weighted by Crippen LogP contribution is -2.48. The van der Waals surface area contributed by atoms with Crippen molar-refractivity contribution in [1.82, 2.24) is 10.2 Å². The molecule has 6 nitrogen and oxygen atoms in total. The van der Waals surface area contributed by atoms with Crippen LogP contribution in [0.2, 0.25) is 0 Å². The fourth-order valence-electron chi connectivity index (χ4n) is 5.15. The van der Waals surface area contributed by atoms with E-state index < -0.39 is 0 Å². The average Bonchev–Trinajstić information content (AvgIpc) is 2.92. The van der Waals surface area contributed by atoms with Gasteiger partial charge in [-0.05, 0) is 62.9 Å². The van der Waals surface area contributed by atoms with Gasteiger partial charge in [-0.15, -0.1) is 0 Å². The number of piperidine rings is 1. The van der Waals surface area contributed by atoms with Crippen molar-refractivity contribution in [2.45, 2.75) is 52.0 Å². The van der Waals surface area contributed by atoms with Gasteiger partial charge in [0.1, 0.15) is 0 Å². The minimum Gasteiger partial charge on any atom is -0.493 e. The Hall–Kier alpha value is -2.99. The summed E-state index contributed by atoms with van der Waals surface area (Å²) in [6.07, 6.45) is 7.52. The van der Waals surface area contributed by atoms with Crippen molar-refractivity contribution in [2.24, 2.45) is 5.92 Å². The number of hydrogen-bond acceptors (Lipinski definition) is 5. The van der Waals surface area contributed by atoms with E-state index in [9.17, 15) is 4.79 Å². The molecule has 1 fully saturated rings. The standard InChI is InChI=1S/C30H42N2O4/c1-6-7-13-26(24-14-16-31-17-15-24)32(21-22(2)18-23-11-9-8-10-12-23)30(33)25-19-27(34-3)29(36-5)28(20-25)35-4/h8-12,18-20,24,26,31H,6-7,13-17,21H2,1-5H3. The first kappa shape index (κ1) is 27.6. The number of methoxy groups -OCH3 is 3. The second-order valence-corrected chi connectivity index (χ2v) is 9.55. The van der Waals surface area contributed by atoms with Crippen molar-refractivity contribution in [3.63, 3.8) is 0 Å². The number of hydrogen-bond donors (Lipinski definition) is 1. The van der Waals surface area contributed by atoms with Crippen LogP contribution in [-0.2, 0) is 0 Å². The third-order valence-corrected chi connectivity index (χ3v) is 6.99. The van der Waals surface area contributed by atoms with Crippen LogP contribution in [0.3, 0.4) is 0 Å². The molecule has 1 atom stereocenters. The molecule has 0 aliphatic carbocycles. The summed E-state index contributed by atoms with van der Waals surface area (Å²) in [5.74, 6) is 1.93. The van der Waals surface area contributed by atoms with E-state index in [2.05, 4.69) is 42.3 Å². The Balaban J connectivity index is 2.03. The lowest BCUT2D eigenvalue weighted by molar-refractivity contribution is 0.0581. The summed E-state index contributed by atoms with van der Waals surface area (Å²) in [6, 6.07) is 14.0. The molecular weight excluding hydrogens is 452 g/mol. The molecule has 2 aromatic rings. The highest BCUT2D eigenvalue weighted by molar-refractivity contribution is 5.96. The van der Waals surface area contributed by atoms with E-state index in [0.29, 0.717) is 35.3 Å². The highest BCUT2D eigenvalue weighted by Crippen LogP contribution is 2.39. The van der Waals surface area contributed by atoms with Crippen LogP contribution in [0.15, 0.2) is 48.0 Å². The minimum atomic E-state index is -0.00491. The van der Waals surface area contributed by atoms with Gasteiger partial charge in [0.2, 0.25) is 5.75 Å². The van der Waals surface area contributed by atoms with Crippen LogP contribution in [0, 0.1) is 5.92 Å². The number of rotatable bonds is 12. The fraction of sp³-hybridized carbons (Fsp3) is 0.500. The number of benzene rings is 2. The highest BCUT2D eigenvalue weighted by atomic mass is 16.5. The summed E-state index contributed by atoms with van der Waals surface area (Å²) in [5.41, 5.74) is 2.84. The zero-order chi connectivity index (χ0) is 25.9. The number of ether oxygens (including phenoxy) is 3. The molecule has 3 rings (SSSR count). The van der Waals surface area contributed by atoms with Gasteiger partial charge in [0.05, 0.1) is 21.3 Å². The second kappa shape index (κ2) is 13.9. The topological polar surface area (TPSA) is 60.0 Å². The summed E-state index contributed by atoms with van der Waals surface area (Å²) in [4.78, 5) is 16.3. The predicted octanol–water partition coefficient (Wildman–Crippen LogP) is 5.82. The Morgan fingerprint density at radius 2 is 1.69 bits per heavy atom. The summed E-state index contributed by atoms with van der Waals surface area (Å²) in [5, 5.41) is 3.48. The van der Waals surface area contributed by atoms with Gasteiger partial charge >= 0.3 is 0 Å².